The van der Waals surface area contributed by atoms with Crippen molar-refractivity contribution >= 4 is 11.9 Å². The molecule has 37 heavy (non-hydrogen) atoms. The Hall–Kier alpha value is -4.08. The molecule has 0 radical (unpaired) electrons. The van der Waals surface area contributed by atoms with Gasteiger partial charge in [-0.05, 0) is 39.2 Å². The predicted octanol–water partition coefficient (Wildman–Crippen LogP) is 4.31. The third-order valence-electron chi connectivity index (χ3n) is 7.17. The number of benzene rings is 1. The van der Waals surface area contributed by atoms with Gasteiger partial charge in [-0.3, -0.25) is 9.69 Å². The molecule has 190 valence electrons. The van der Waals surface area contributed by atoms with Crippen LogP contribution in [-0.4, -0.2) is 47.3 Å². The Morgan fingerprint density at radius 2 is 1.92 bits per heavy atom. The van der Waals surface area contributed by atoms with Gasteiger partial charge in [0.05, 0.1) is 31.1 Å². The number of carbonyl (C=O) groups excluding carboxylic acids is 1. The van der Waals surface area contributed by atoms with Crippen molar-refractivity contribution in [2.24, 2.45) is 0 Å². The molecule has 4 aromatic rings. The van der Waals surface area contributed by atoms with Gasteiger partial charge in [0.1, 0.15) is 17.7 Å². The van der Waals surface area contributed by atoms with Gasteiger partial charge in [0.2, 0.25) is 17.7 Å². The van der Waals surface area contributed by atoms with Crippen LogP contribution in [0.1, 0.15) is 62.0 Å². The first kappa shape index (κ1) is 23.3. The number of carbonyl (C=O) groups is 1. The Balaban J connectivity index is 1.35. The van der Waals surface area contributed by atoms with E-state index in [2.05, 4.69) is 56.9 Å². The van der Waals surface area contributed by atoms with Crippen LogP contribution in [0.25, 0.3) is 22.8 Å². The fourth-order valence-electron chi connectivity index (χ4n) is 5.08. The van der Waals surface area contributed by atoms with Crippen LogP contribution in [0.2, 0.25) is 0 Å². The molecule has 1 aliphatic carbocycles. The summed E-state index contributed by atoms with van der Waals surface area (Å²) in [7, 11) is 1.59. The number of aromatic nitrogens is 7. The smallest absolute Gasteiger partial charge is 0.231 e. The summed E-state index contributed by atoms with van der Waals surface area (Å²) in [4.78, 5) is 33.3. The van der Waals surface area contributed by atoms with Gasteiger partial charge in [-0.25, -0.2) is 19.6 Å². The lowest BCUT2D eigenvalue weighted by atomic mass is 10.0. The van der Waals surface area contributed by atoms with E-state index < -0.39 is 0 Å². The summed E-state index contributed by atoms with van der Waals surface area (Å²) in [5.41, 5.74) is 4.69. The summed E-state index contributed by atoms with van der Waals surface area (Å²) in [6.07, 6.45) is 6.11. The predicted molar refractivity (Wildman–Crippen MR) is 138 cm³/mol. The first-order chi connectivity index (χ1) is 18.0. The molecule has 4 heterocycles. The van der Waals surface area contributed by atoms with Gasteiger partial charge in [-0.15, -0.1) is 5.10 Å². The molecule has 3 aromatic heterocycles. The molecule has 0 saturated heterocycles. The summed E-state index contributed by atoms with van der Waals surface area (Å²) in [6, 6.07) is 8.04. The van der Waals surface area contributed by atoms with Crippen molar-refractivity contribution < 1.29 is 9.53 Å². The van der Waals surface area contributed by atoms with Gasteiger partial charge < -0.3 is 9.30 Å². The third-order valence-corrected chi connectivity index (χ3v) is 7.17. The van der Waals surface area contributed by atoms with Crippen LogP contribution in [0, 0.1) is 6.92 Å². The lowest BCUT2D eigenvalue weighted by molar-refractivity contribution is -0.120. The second kappa shape index (κ2) is 9.10. The summed E-state index contributed by atoms with van der Waals surface area (Å²) < 4.78 is 9.51. The normalized spacial score (nSPS) is 16.1. The average molecular weight is 499 g/mol. The van der Waals surface area contributed by atoms with E-state index in [9.17, 15) is 4.79 Å². The van der Waals surface area contributed by atoms with Crippen LogP contribution in [0.15, 0.2) is 36.8 Å². The van der Waals surface area contributed by atoms with Gasteiger partial charge in [0, 0.05) is 30.6 Å². The SMILES string of the molecule is CCn1cc(C)nc1-c1ccc([C@H](C)N2C(=O)CCn3nc(-c4c(OC)ncnc4C4CC4)nc32)cc1. The van der Waals surface area contributed by atoms with E-state index in [0.717, 1.165) is 53.3 Å². The highest BCUT2D eigenvalue weighted by Crippen LogP contribution is 2.45. The molecule has 1 fully saturated rings. The number of imidazole rings is 1. The van der Waals surface area contributed by atoms with Crippen molar-refractivity contribution in [1.82, 2.24) is 34.3 Å². The Morgan fingerprint density at radius 3 is 2.62 bits per heavy atom. The number of aryl methyl sites for hydroxylation is 3. The maximum Gasteiger partial charge on any atom is 0.231 e. The summed E-state index contributed by atoms with van der Waals surface area (Å²) >= 11 is 0. The molecule has 0 unspecified atom stereocenters. The summed E-state index contributed by atoms with van der Waals surface area (Å²) in [5, 5.41) is 4.78. The fraction of sp³-hybridized carbons (Fsp3) is 0.407. The quantitative estimate of drug-likeness (QED) is 0.374. The number of fused-ring (bicyclic) bond motifs is 1. The zero-order chi connectivity index (χ0) is 25.7. The standard InChI is InChI=1S/C27H30N8O2/c1-5-33-14-16(2)30-25(33)20-10-6-18(7-11-20)17(3)35-21(36)12-13-34-27(35)31-24(32-34)22-23(19-8-9-19)28-15-29-26(22)37-4/h6-7,10-11,14-15,17,19H,5,8-9,12-13H2,1-4H3/t17-/m0/s1. The van der Waals surface area contributed by atoms with Crippen molar-refractivity contribution in [3.05, 3.63) is 53.7 Å². The topological polar surface area (TPSA) is 104 Å². The molecule has 1 aliphatic heterocycles. The second-order valence-electron chi connectivity index (χ2n) is 9.68. The molecule has 10 heteroatoms. The van der Waals surface area contributed by atoms with Crippen LogP contribution in [0.3, 0.4) is 0 Å². The molecular formula is C27H30N8O2. The molecule has 0 bridgehead atoms. The van der Waals surface area contributed by atoms with Crippen molar-refractivity contribution in [3.8, 4) is 28.7 Å². The maximum atomic E-state index is 13.2. The molecule has 1 saturated carbocycles. The van der Waals surface area contributed by atoms with Crippen LogP contribution in [0.5, 0.6) is 5.88 Å². The first-order valence-electron chi connectivity index (χ1n) is 12.8. The molecule has 1 amide bonds. The minimum absolute atomic E-state index is 0.0267. The van der Waals surface area contributed by atoms with E-state index in [1.807, 2.05) is 18.5 Å². The number of rotatable bonds is 7. The van der Waals surface area contributed by atoms with Crippen LogP contribution in [0.4, 0.5) is 5.95 Å². The number of hydrogen-bond acceptors (Lipinski definition) is 7. The van der Waals surface area contributed by atoms with Crippen LogP contribution < -0.4 is 9.64 Å². The van der Waals surface area contributed by atoms with E-state index in [1.54, 1.807) is 12.0 Å². The molecule has 10 nitrogen and oxygen atoms in total. The largest absolute Gasteiger partial charge is 0.480 e. The van der Waals surface area contributed by atoms with Crippen molar-refractivity contribution in [3.63, 3.8) is 0 Å². The number of amides is 1. The lowest BCUT2D eigenvalue weighted by Gasteiger charge is -2.31. The number of nitrogens with zero attached hydrogens (tertiary/aromatic N) is 8. The Bertz CT molecular complexity index is 1470. The van der Waals surface area contributed by atoms with E-state index in [0.29, 0.717) is 36.5 Å². The van der Waals surface area contributed by atoms with Crippen molar-refractivity contribution in [1.29, 1.82) is 0 Å². The van der Waals surface area contributed by atoms with Gasteiger partial charge >= 0.3 is 0 Å². The highest BCUT2D eigenvalue weighted by Gasteiger charge is 2.36. The van der Waals surface area contributed by atoms with Gasteiger partial charge in [-0.2, -0.15) is 4.98 Å². The average Bonchev–Trinajstić information content (AvgIpc) is 3.57. The minimum atomic E-state index is -0.220. The molecule has 0 spiro atoms. The molecule has 6 rings (SSSR count). The third kappa shape index (κ3) is 4.06. The molecule has 1 atom stereocenters. The monoisotopic (exact) mass is 498 g/mol. The molecule has 2 aliphatic rings. The molecule has 0 N–H and O–H groups in total. The minimum Gasteiger partial charge on any atom is -0.480 e. The highest BCUT2D eigenvalue weighted by atomic mass is 16.5. The van der Waals surface area contributed by atoms with Gasteiger partial charge in [-0.1, -0.05) is 24.3 Å². The van der Waals surface area contributed by atoms with Crippen LogP contribution >= 0.6 is 0 Å². The van der Waals surface area contributed by atoms with Gasteiger partial charge in [0.15, 0.2) is 5.82 Å². The van der Waals surface area contributed by atoms with E-state index in [4.69, 9.17) is 14.8 Å². The molecular weight excluding hydrogens is 468 g/mol. The summed E-state index contributed by atoms with van der Waals surface area (Å²) in [6.45, 7) is 7.47. The zero-order valence-corrected chi connectivity index (χ0v) is 21.5. The maximum absolute atomic E-state index is 13.2. The molecule has 1 aromatic carbocycles. The Kier molecular flexibility index (Phi) is 5.73. The van der Waals surface area contributed by atoms with E-state index in [-0.39, 0.29) is 11.9 Å². The first-order valence-corrected chi connectivity index (χ1v) is 12.8. The number of hydrogen-bond donors (Lipinski definition) is 0. The van der Waals surface area contributed by atoms with Crippen LogP contribution in [-0.2, 0) is 17.9 Å². The van der Waals surface area contributed by atoms with E-state index in [1.165, 1.54) is 6.33 Å². The Labute approximate surface area is 215 Å². The zero-order valence-electron chi connectivity index (χ0n) is 21.5. The highest BCUT2D eigenvalue weighted by molar-refractivity contribution is 5.94. The number of ether oxygens (including phenoxy) is 1. The van der Waals surface area contributed by atoms with Crippen molar-refractivity contribution in [2.75, 3.05) is 12.0 Å². The number of anilines is 1. The summed E-state index contributed by atoms with van der Waals surface area (Å²) in [5.74, 6) is 2.84. The van der Waals surface area contributed by atoms with Crippen molar-refractivity contribution in [2.45, 2.75) is 65.1 Å². The second-order valence-corrected chi connectivity index (χ2v) is 9.68. The lowest BCUT2D eigenvalue weighted by Crippen LogP contribution is -2.39. The Morgan fingerprint density at radius 1 is 1.14 bits per heavy atom. The van der Waals surface area contributed by atoms with Gasteiger partial charge in [0.25, 0.3) is 0 Å². The number of methoxy groups -OCH3 is 1. The fourth-order valence-corrected chi connectivity index (χ4v) is 5.08. The van der Waals surface area contributed by atoms with E-state index >= 15 is 0 Å².